The Balaban J connectivity index is 0.000000146. The third kappa shape index (κ3) is 22.7. The minimum atomic E-state index is -0.551. The van der Waals surface area contributed by atoms with Gasteiger partial charge in [0.15, 0.2) is 0 Å². The van der Waals surface area contributed by atoms with Crippen molar-refractivity contribution in [3.8, 4) is 0 Å². The molecule has 0 unspecified atom stereocenters. The van der Waals surface area contributed by atoms with Gasteiger partial charge in [0.25, 0.3) is 94.5 Å². The van der Waals surface area contributed by atoms with Crippen molar-refractivity contribution < 1.29 is 86.2 Å². The summed E-state index contributed by atoms with van der Waals surface area (Å²) in [4.78, 5) is 200. The second-order valence-electron chi connectivity index (χ2n) is 30.0. The maximum absolute atomic E-state index is 12.1. The number of esters is 1. The number of nitrogens with two attached hydrogens (primary N) is 1. The lowest BCUT2D eigenvalue weighted by molar-refractivity contribution is -0.144. The van der Waals surface area contributed by atoms with Crippen LogP contribution in [0.2, 0.25) is 0 Å². The van der Waals surface area contributed by atoms with Crippen LogP contribution in [0, 0.1) is 5.92 Å². The lowest BCUT2D eigenvalue weighted by Crippen LogP contribution is -2.45. The van der Waals surface area contributed by atoms with Crippen molar-refractivity contribution >= 4 is 112 Å². The first kappa shape index (κ1) is 96.5. The van der Waals surface area contributed by atoms with Gasteiger partial charge in [0, 0.05) is 45.0 Å². The van der Waals surface area contributed by atoms with Gasteiger partial charge in [-0.2, -0.15) is 11.8 Å². The molecular weight excluding hydrogens is 1700 g/mol. The molecule has 8 aliphatic heterocycles. The molecule has 18 rings (SSSR count). The van der Waals surface area contributed by atoms with E-state index < -0.39 is 29.6 Å². The quantitative estimate of drug-likeness (QED) is 0.00970. The Kier molecular flexibility index (Phi) is 33.5. The predicted molar refractivity (Wildman–Crippen MR) is 481 cm³/mol. The molecule has 0 saturated carbocycles. The van der Waals surface area contributed by atoms with Crippen molar-refractivity contribution in [3.05, 3.63) is 355 Å². The highest BCUT2D eigenvalue weighted by molar-refractivity contribution is 7.98. The predicted octanol–water partition coefficient (Wildman–Crippen LogP) is 9.86. The van der Waals surface area contributed by atoms with E-state index in [4.69, 9.17) is 10.6 Å². The van der Waals surface area contributed by atoms with E-state index in [0.717, 1.165) is 71.2 Å². The molecule has 9 N–H and O–H groups in total. The Hall–Kier alpha value is -15.2. The van der Waals surface area contributed by atoms with Crippen LogP contribution in [0.15, 0.2) is 255 Å². The van der Waals surface area contributed by atoms with Crippen LogP contribution in [-0.2, 0) is 22.7 Å². The number of thioether (sulfide) groups is 1. The second-order valence-corrected chi connectivity index (χ2v) is 31.0. The highest BCUT2D eigenvalue weighted by atomic mass is 32.2. The number of amides is 16. The maximum Gasteiger partial charge on any atom is 0.322 e. The number of imide groups is 8. The number of nitrogens with zero attached hydrogens (tertiary/aromatic N) is 8. The van der Waals surface area contributed by atoms with Crippen LogP contribution in [0.25, 0.3) is 0 Å². The molecule has 0 bridgehead atoms. The van der Waals surface area contributed by atoms with Gasteiger partial charge in [-0.15, -0.1) is 0 Å². The Labute approximate surface area is 757 Å². The molecule has 10 aromatic carbocycles. The SMILES string of the molecule is CC(C)CNN1C(=O)c2ccccc2C1=O.CC(C)NN1C(=O)c2ccccc2C1=O.CCCCCNN1C(=O)c2ccccc2C1=O.CNN1C(=O)c2ccccc2C1=O.CSCCNN1C(=O)c2ccccc2C1=O.NN1C(=O)c2ccccc2C1=O.O=C(CNN1C(=O)c2ccccc2C1=O)OCc1ccccc1.O=C1c2ccccc2C(=O)N1NCc1ccccc1. The Bertz CT molecular complexity index is 5780. The fourth-order valence-corrected chi connectivity index (χ4v) is 13.9. The minimum absolute atomic E-state index is 0.0483. The van der Waals surface area contributed by atoms with E-state index in [0.29, 0.717) is 126 Å². The number of ether oxygens (including phenoxy) is 1. The van der Waals surface area contributed by atoms with Crippen LogP contribution in [0.5, 0.6) is 0 Å². The Morgan fingerprint density at radius 3 is 0.870 bits per heavy atom. The van der Waals surface area contributed by atoms with Crippen LogP contribution >= 0.6 is 11.8 Å². The van der Waals surface area contributed by atoms with Gasteiger partial charge in [-0.05, 0) is 141 Å². The maximum atomic E-state index is 12.1. The molecule has 0 fully saturated rings. The van der Waals surface area contributed by atoms with E-state index in [1.54, 1.807) is 213 Å². The molecule has 672 valence electrons. The fourth-order valence-electron chi connectivity index (χ4n) is 13.6. The monoisotopic (exact) mass is 1790 g/mol. The minimum Gasteiger partial charge on any atom is -0.460 e. The summed E-state index contributed by atoms with van der Waals surface area (Å²) in [6.45, 7) is 12.1. The molecule has 8 heterocycles. The summed E-state index contributed by atoms with van der Waals surface area (Å²) in [7, 11) is 1.54. The highest BCUT2D eigenvalue weighted by Gasteiger charge is 2.42. The first-order chi connectivity index (χ1) is 63.1. The van der Waals surface area contributed by atoms with Gasteiger partial charge >= 0.3 is 5.97 Å². The summed E-state index contributed by atoms with van der Waals surface area (Å²) in [5.74, 6) is 0.817. The van der Waals surface area contributed by atoms with Crippen molar-refractivity contribution in [2.45, 2.75) is 73.1 Å². The molecule has 16 amide bonds. The summed E-state index contributed by atoms with van der Waals surface area (Å²) in [5.41, 5.74) is 28.3. The summed E-state index contributed by atoms with van der Waals surface area (Å²) in [6.07, 6.45) is 5.15. The molecule has 0 aromatic heterocycles. The zero-order valence-electron chi connectivity index (χ0n) is 72.4. The molecule has 0 radical (unpaired) electrons. The fraction of sp³-hybridized carbons (Fsp3) is 0.198. The Morgan fingerprint density at radius 2 is 0.580 bits per heavy atom. The molecule has 0 saturated heterocycles. The number of rotatable bonds is 23. The number of nitrogens with one attached hydrogen (secondary N) is 7. The average Bonchev–Trinajstić information content (AvgIpc) is 1.56. The van der Waals surface area contributed by atoms with Crippen molar-refractivity contribution in [2.75, 3.05) is 45.2 Å². The molecule has 0 atom stereocenters. The largest absolute Gasteiger partial charge is 0.460 e. The van der Waals surface area contributed by atoms with Crippen molar-refractivity contribution in [1.29, 1.82) is 0 Å². The lowest BCUT2D eigenvalue weighted by Gasteiger charge is -2.17. The number of unbranched alkanes of at least 4 members (excludes halogenated alkanes) is 2. The summed E-state index contributed by atoms with van der Waals surface area (Å²) in [6, 6.07) is 73.1. The first-order valence-corrected chi connectivity index (χ1v) is 42.9. The van der Waals surface area contributed by atoms with Crippen LogP contribution < -0.4 is 43.8 Å². The van der Waals surface area contributed by atoms with Gasteiger partial charge < -0.3 is 4.74 Å². The van der Waals surface area contributed by atoms with Gasteiger partial charge in [0.05, 0.1) is 89.0 Å². The number of carbonyl (C=O) groups excluding carboxylic acids is 17. The van der Waals surface area contributed by atoms with Gasteiger partial charge in [-0.3, -0.25) is 81.5 Å². The number of hydrogen-bond donors (Lipinski definition) is 8. The summed E-state index contributed by atoms with van der Waals surface area (Å²) >= 11 is 1.66. The smallest absolute Gasteiger partial charge is 0.322 e. The van der Waals surface area contributed by atoms with E-state index in [1.807, 2.05) is 94.6 Å². The van der Waals surface area contributed by atoms with Crippen LogP contribution in [-0.4, -0.2) is 192 Å². The first-order valence-electron chi connectivity index (χ1n) is 41.5. The van der Waals surface area contributed by atoms with E-state index in [2.05, 4.69) is 44.9 Å². The van der Waals surface area contributed by atoms with E-state index in [1.165, 1.54) is 0 Å². The van der Waals surface area contributed by atoms with E-state index >= 15 is 0 Å². The third-order valence-corrected chi connectivity index (χ3v) is 20.8. The van der Waals surface area contributed by atoms with Crippen LogP contribution in [0.4, 0.5) is 0 Å². The second kappa shape index (κ2) is 45.5. The molecule has 34 nitrogen and oxygen atoms in total. The standard InChI is InChI=1S/C17H14N2O4.C15H12N2O2.C13H16N2O2.C12H14N2O2.C11H12N2O2S.C11H12N2O2.C9H8N2O2.C8H6N2O2/c20-15(23-11-12-6-2-1-3-7-12)10-18-19-16(21)13-8-4-5-9-14(13)17(19)22;18-14-12-8-4-5-9-13(12)15(19)17(14)16-10-11-6-2-1-3-7-11;1-2-3-6-9-14-15-12(16)10-7-4-5-8-11(10)13(15)17;1-8(2)7-13-14-11(15)9-5-3-4-6-10(9)12(14)16;1-16-7-6-12-13-10(14)8-4-2-3-5-9(8)11(13)15;1-7(2)12-13-10(14)8-5-3-4-6-9(8)11(13)15;1-10-11-8(12)6-4-2-3-5-7(6)9(11)13;9-10-7(11)5-3-1-2-4-6(5)8(10)12/h1-9,18H,10-11H2;1-9,16H,10H2;4-5,7-8,14H,2-3,6,9H2,1H3;3-6,8,13H,7H2,1-2H3;2-5,12H,6-7H2,1H3;3-7,12H,1-2H3;2-5,10H,1H3;1-4H,9H2. The number of fused-ring (bicyclic) bond motifs is 8. The van der Waals surface area contributed by atoms with Crippen molar-refractivity contribution in [1.82, 2.24) is 78.1 Å². The van der Waals surface area contributed by atoms with Gasteiger partial charge in [0.2, 0.25) is 0 Å². The summed E-state index contributed by atoms with van der Waals surface area (Å²) in [5, 5.41) is 7.96. The van der Waals surface area contributed by atoms with Gasteiger partial charge in [0.1, 0.15) is 13.2 Å². The molecular formula is C96H94N16O18S. The van der Waals surface area contributed by atoms with Crippen LogP contribution in [0.3, 0.4) is 0 Å². The molecule has 35 heteroatoms. The topological polar surface area (TPSA) is 436 Å². The number of hydrazine groups is 8. The molecule has 8 aliphatic rings. The van der Waals surface area contributed by atoms with E-state index in [-0.39, 0.29) is 90.1 Å². The van der Waals surface area contributed by atoms with Crippen molar-refractivity contribution in [2.24, 2.45) is 11.8 Å². The third-order valence-electron chi connectivity index (χ3n) is 20.2. The number of benzene rings is 10. The Morgan fingerprint density at radius 1 is 0.321 bits per heavy atom. The molecule has 131 heavy (non-hydrogen) atoms. The lowest BCUT2D eigenvalue weighted by atomic mass is 10.1. The van der Waals surface area contributed by atoms with Gasteiger partial charge in [-0.25, -0.2) is 83.9 Å². The normalized spacial score (nSPS) is 14.3. The van der Waals surface area contributed by atoms with Crippen LogP contribution in [0.1, 0.15) is 231 Å². The average molecular weight is 1790 g/mol. The number of hydrogen-bond acceptors (Lipinski definition) is 27. The summed E-state index contributed by atoms with van der Waals surface area (Å²) < 4.78 is 5.08. The molecule has 0 spiro atoms. The molecule has 10 aromatic rings. The number of carbonyl (C=O) groups is 17. The van der Waals surface area contributed by atoms with Crippen molar-refractivity contribution in [3.63, 3.8) is 0 Å². The van der Waals surface area contributed by atoms with E-state index in [9.17, 15) is 81.5 Å². The molecule has 0 aliphatic carbocycles. The highest BCUT2D eigenvalue weighted by Crippen LogP contribution is 2.28. The zero-order chi connectivity index (χ0) is 94.1. The zero-order valence-corrected chi connectivity index (χ0v) is 73.2. The van der Waals surface area contributed by atoms with Gasteiger partial charge in [-0.1, -0.05) is 191 Å².